The summed E-state index contributed by atoms with van der Waals surface area (Å²) in [6.45, 7) is 3.95. The predicted octanol–water partition coefficient (Wildman–Crippen LogP) is 2.10. The van der Waals surface area contributed by atoms with Crippen LogP contribution >= 0.6 is 15.9 Å². The molecule has 112 valence electrons. The summed E-state index contributed by atoms with van der Waals surface area (Å²) in [6.07, 6.45) is 0. The molecule has 0 aliphatic carbocycles. The fraction of sp³-hybridized carbons (Fsp3) is 0.357. The summed E-state index contributed by atoms with van der Waals surface area (Å²) in [5, 5.41) is 6.58. The number of halogens is 1. The number of hydrogen-bond donors (Lipinski definition) is 2. The zero-order valence-electron chi connectivity index (χ0n) is 11.8. The molecule has 0 bridgehead atoms. The van der Waals surface area contributed by atoms with Gasteiger partial charge in [0.1, 0.15) is 0 Å². The van der Waals surface area contributed by atoms with Gasteiger partial charge >= 0.3 is 0 Å². The van der Waals surface area contributed by atoms with E-state index in [4.69, 9.17) is 10.3 Å². The Balaban J connectivity index is 1.99. The summed E-state index contributed by atoms with van der Waals surface area (Å²) in [6, 6.07) is 7.03. The highest BCUT2D eigenvalue weighted by Crippen LogP contribution is 2.20. The number of carbonyl (C=O) groups is 1. The number of benzene rings is 1. The molecule has 1 aromatic heterocycles. The Morgan fingerprint density at radius 2 is 2.24 bits per heavy atom. The van der Waals surface area contributed by atoms with Crippen LogP contribution in [-0.2, 0) is 11.3 Å². The lowest BCUT2D eigenvalue weighted by Gasteiger charge is -2.14. The van der Waals surface area contributed by atoms with Gasteiger partial charge in [0.2, 0.25) is 17.6 Å². The first kappa shape index (κ1) is 15.7. The van der Waals surface area contributed by atoms with Crippen LogP contribution in [-0.4, -0.2) is 22.1 Å². The third kappa shape index (κ3) is 4.12. The lowest BCUT2D eigenvalue weighted by molar-refractivity contribution is -0.123. The predicted molar refractivity (Wildman–Crippen MR) is 82.1 cm³/mol. The number of nitrogens with zero attached hydrogens (tertiary/aromatic N) is 2. The van der Waals surface area contributed by atoms with E-state index in [9.17, 15) is 4.79 Å². The molecule has 2 aromatic rings. The molecule has 1 amide bonds. The number of hydrogen-bond acceptors (Lipinski definition) is 5. The van der Waals surface area contributed by atoms with Gasteiger partial charge in [-0.15, -0.1) is 0 Å². The van der Waals surface area contributed by atoms with Gasteiger partial charge < -0.3 is 15.6 Å². The summed E-state index contributed by atoms with van der Waals surface area (Å²) >= 11 is 3.39. The van der Waals surface area contributed by atoms with Crippen LogP contribution in [0.2, 0.25) is 0 Å². The van der Waals surface area contributed by atoms with Crippen molar-refractivity contribution >= 4 is 21.8 Å². The molecule has 6 nitrogen and oxygen atoms in total. The van der Waals surface area contributed by atoms with Gasteiger partial charge in [0.15, 0.2) is 0 Å². The van der Waals surface area contributed by atoms with Crippen molar-refractivity contribution in [1.82, 2.24) is 15.5 Å². The maximum atomic E-state index is 11.7. The fourth-order valence-electron chi connectivity index (χ4n) is 1.65. The van der Waals surface area contributed by atoms with E-state index in [0.29, 0.717) is 11.7 Å². The van der Waals surface area contributed by atoms with Crippen LogP contribution in [0.4, 0.5) is 0 Å². The van der Waals surface area contributed by atoms with Crippen molar-refractivity contribution in [1.29, 1.82) is 0 Å². The van der Waals surface area contributed by atoms with E-state index in [-0.39, 0.29) is 18.4 Å². The number of aromatic nitrogens is 2. The van der Waals surface area contributed by atoms with Crippen molar-refractivity contribution in [3.8, 4) is 11.4 Å². The molecule has 7 heteroatoms. The maximum Gasteiger partial charge on any atom is 0.246 e. The summed E-state index contributed by atoms with van der Waals surface area (Å²) in [5.41, 5.74) is 6.59. The van der Waals surface area contributed by atoms with Crippen LogP contribution in [0.15, 0.2) is 33.3 Å². The van der Waals surface area contributed by atoms with Crippen LogP contribution in [0, 0.1) is 5.92 Å². The Kier molecular flexibility index (Phi) is 5.08. The van der Waals surface area contributed by atoms with Crippen molar-refractivity contribution in [2.75, 3.05) is 0 Å². The normalized spacial score (nSPS) is 12.4. The van der Waals surface area contributed by atoms with E-state index >= 15 is 0 Å². The Morgan fingerprint density at radius 3 is 2.90 bits per heavy atom. The molecule has 0 fully saturated rings. The van der Waals surface area contributed by atoms with Crippen LogP contribution in [0.3, 0.4) is 0 Å². The highest BCUT2D eigenvalue weighted by atomic mass is 79.9. The largest absolute Gasteiger partial charge is 0.346 e. The summed E-state index contributed by atoms with van der Waals surface area (Å²) in [7, 11) is 0. The highest BCUT2D eigenvalue weighted by molar-refractivity contribution is 9.10. The number of nitrogens with one attached hydrogen (secondary N) is 1. The van der Waals surface area contributed by atoms with E-state index in [1.165, 1.54) is 0 Å². The molecule has 0 saturated carbocycles. The zero-order chi connectivity index (χ0) is 15.4. The molecule has 0 unspecified atom stereocenters. The molecule has 2 rings (SSSR count). The van der Waals surface area contributed by atoms with Gasteiger partial charge in [0.05, 0.1) is 12.6 Å². The van der Waals surface area contributed by atoms with E-state index in [2.05, 4.69) is 31.4 Å². The Labute approximate surface area is 131 Å². The molecule has 0 saturated heterocycles. The lowest BCUT2D eigenvalue weighted by Crippen LogP contribution is -2.43. The fourth-order valence-corrected chi connectivity index (χ4v) is 2.05. The van der Waals surface area contributed by atoms with Gasteiger partial charge in [-0.1, -0.05) is 47.1 Å². The Morgan fingerprint density at radius 1 is 1.48 bits per heavy atom. The molecule has 0 aliphatic rings. The van der Waals surface area contributed by atoms with Gasteiger partial charge in [-0.3, -0.25) is 4.79 Å². The lowest BCUT2D eigenvalue weighted by atomic mass is 10.1. The second kappa shape index (κ2) is 6.82. The average Bonchev–Trinajstić information content (AvgIpc) is 2.92. The molecule has 3 N–H and O–H groups in total. The SMILES string of the molecule is CC(C)[C@H](N)C(=O)NCc1nc(-c2cccc(Br)c2)no1. The molecule has 0 radical (unpaired) electrons. The minimum atomic E-state index is -0.544. The average molecular weight is 353 g/mol. The molecular weight excluding hydrogens is 336 g/mol. The van der Waals surface area contributed by atoms with Gasteiger partial charge in [-0.05, 0) is 18.1 Å². The van der Waals surface area contributed by atoms with Gasteiger partial charge in [0, 0.05) is 10.0 Å². The van der Waals surface area contributed by atoms with E-state index < -0.39 is 6.04 Å². The van der Waals surface area contributed by atoms with Gasteiger partial charge in [-0.25, -0.2) is 0 Å². The van der Waals surface area contributed by atoms with E-state index in [0.717, 1.165) is 10.0 Å². The first-order chi connectivity index (χ1) is 9.97. The molecule has 0 spiro atoms. The topological polar surface area (TPSA) is 94.0 Å². The van der Waals surface area contributed by atoms with Crippen molar-refractivity contribution in [2.45, 2.75) is 26.4 Å². The molecule has 1 heterocycles. The first-order valence-corrected chi connectivity index (χ1v) is 7.38. The van der Waals surface area contributed by atoms with Crippen LogP contribution in [0.25, 0.3) is 11.4 Å². The molecular formula is C14H17BrN4O2. The zero-order valence-corrected chi connectivity index (χ0v) is 13.4. The number of carbonyl (C=O) groups excluding carboxylic acids is 1. The van der Waals surface area contributed by atoms with Crippen LogP contribution in [0.1, 0.15) is 19.7 Å². The van der Waals surface area contributed by atoms with Gasteiger partial charge in [-0.2, -0.15) is 4.98 Å². The van der Waals surface area contributed by atoms with Crippen LogP contribution in [0.5, 0.6) is 0 Å². The molecule has 1 atom stereocenters. The van der Waals surface area contributed by atoms with Crippen molar-refractivity contribution in [3.63, 3.8) is 0 Å². The quantitative estimate of drug-likeness (QED) is 0.859. The number of nitrogens with two attached hydrogens (primary N) is 1. The van der Waals surface area contributed by atoms with E-state index in [1.807, 2.05) is 38.1 Å². The third-order valence-electron chi connectivity index (χ3n) is 2.99. The van der Waals surface area contributed by atoms with Crippen molar-refractivity contribution in [2.24, 2.45) is 11.7 Å². The second-order valence-corrected chi connectivity index (χ2v) is 5.93. The standard InChI is InChI=1S/C14H17BrN4O2/c1-8(2)12(16)14(20)17-7-11-18-13(19-21-11)9-4-3-5-10(15)6-9/h3-6,8,12H,7,16H2,1-2H3,(H,17,20)/t12-/m0/s1. The smallest absolute Gasteiger partial charge is 0.246 e. The number of rotatable bonds is 5. The molecule has 0 aliphatic heterocycles. The second-order valence-electron chi connectivity index (χ2n) is 5.01. The minimum absolute atomic E-state index is 0.0740. The van der Waals surface area contributed by atoms with Crippen LogP contribution < -0.4 is 11.1 Å². The Hall–Kier alpha value is -1.73. The van der Waals surface area contributed by atoms with Crippen molar-refractivity contribution in [3.05, 3.63) is 34.6 Å². The molecule has 21 heavy (non-hydrogen) atoms. The minimum Gasteiger partial charge on any atom is -0.346 e. The maximum absolute atomic E-state index is 11.7. The van der Waals surface area contributed by atoms with Gasteiger partial charge in [0.25, 0.3) is 0 Å². The Bertz CT molecular complexity index is 627. The van der Waals surface area contributed by atoms with Crippen molar-refractivity contribution < 1.29 is 9.32 Å². The monoisotopic (exact) mass is 352 g/mol. The summed E-state index contributed by atoms with van der Waals surface area (Å²) in [4.78, 5) is 16.0. The number of amides is 1. The third-order valence-corrected chi connectivity index (χ3v) is 3.48. The first-order valence-electron chi connectivity index (χ1n) is 6.59. The summed E-state index contributed by atoms with van der Waals surface area (Å²) < 4.78 is 6.05. The highest BCUT2D eigenvalue weighted by Gasteiger charge is 2.18. The molecule has 1 aromatic carbocycles. The summed E-state index contributed by atoms with van der Waals surface area (Å²) in [5.74, 6) is 0.667. The van der Waals surface area contributed by atoms with E-state index in [1.54, 1.807) is 0 Å².